The standard InChI is InChI=1S/C10H11F3N2/c1-6-14-8-4-2-3-7(10(11,12)13)5-9(8)15-6/h3,5,8H,2,4H2,1H3,(H,14,15). The van der Waals surface area contributed by atoms with Gasteiger partial charge in [0.15, 0.2) is 0 Å². The van der Waals surface area contributed by atoms with Crippen LogP contribution in [0.4, 0.5) is 13.2 Å². The fraction of sp³-hybridized carbons (Fsp3) is 0.500. The molecule has 1 N–H and O–H groups in total. The molecule has 0 radical (unpaired) electrons. The Morgan fingerprint density at radius 2 is 2.20 bits per heavy atom. The van der Waals surface area contributed by atoms with Gasteiger partial charge in [0.1, 0.15) is 0 Å². The van der Waals surface area contributed by atoms with Gasteiger partial charge in [-0.25, -0.2) is 0 Å². The minimum absolute atomic E-state index is 0.124. The van der Waals surface area contributed by atoms with Crippen molar-refractivity contribution in [3.05, 3.63) is 23.4 Å². The third kappa shape index (κ3) is 2.06. The second-order valence-electron chi connectivity index (χ2n) is 3.69. The zero-order valence-corrected chi connectivity index (χ0v) is 8.23. The molecule has 0 aromatic rings. The number of aliphatic imine (C=N–C) groups is 1. The quantitative estimate of drug-likeness (QED) is 0.661. The third-order valence-corrected chi connectivity index (χ3v) is 2.48. The fourth-order valence-corrected chi connectivity index (χ4v) is 1.80. The lowest BCUT2D eigenvalue weighted by atomic mass is 10.1. The molecular weight excluding hydrogens is 205 g/mol. The van der Waals surface area contributed by atoms with Crippen molar-refractivity contribution in [3.63, 3.8) is 0 Å². The monoisotopic (exact) mass is 216 g/mol. The fourth-order valence-electron chi connectivity index (χ4n) is 1.80. The van der Waals surface area contributed by atoms with Crippen LogP contribution in [-0.2, 0) is 0 Å². The Morgan fingerprint density at radius 3 is 2.87 bits per heavy atom. The van der Waals surface area contributed by atoms with Crippen molar-refractivity contribution in [1.29, 1.82) is 0 Å². The van der Waals surface area contributed by atoms with E-state index in [9.17, 15) is 13.2 Å². The van der Waals surface area contributed by atoms with E-state index in [0.717, 1.165) is 6.08 Å². The highest BCUT2D eigenvalue weighted by Gasteiger charge is 2.34. The average molecular weight is 216 g/mol. The molecule has 0 spiro atoms. The molecule has 0 fully saturated rings. The van der Waals surface area contributed by atoms with E-state index in [2.05, 4.69) is 10.3 Å². The molecular formula is C10H11F3N2. The minimum atomic E-state index is -4.26. The number of alkyl halides is 3. The first-order chi connectivity index (χ1) is 6.97. The van der Waals surface area contributed by atoms with Gasteiger partial charge in [-0.3, -0.25) is 4.99 Å². The molecule has 2 nitrogen and oxygen atoms in total. The van der Waals surface area contributed by atoms with Crippen LogP contribution < -0.4 is 5.32 Å². The molecule has 1 aliphatic heterocycles. The number of fused-ring (bicyclic) bond motifs is 1. The number of nitrogens with zero attached hydrogens (tertiary/aromatic N) is 1. The van der Waals surface area contributed by atoms with Gasteiger partial charge < -0.3 is 5.32 Å². The zero-order valence-electron chi connectivity index (χ0n) is 8.23. The molecule has 2 rings (SSSR count). The highest BCUT2D eigenvalue weighted by Crippen LogP contribution is 2.32. The van der Waals surface area contributed by atoms with Crippen molar-refractivity contribution in [1.82, 2.24) is 5.32 Å². The van der Waals surface area contributed by atoms with Gasteiger partial charge in [0.05, 0.1) is 17.5 Å². The summed E-state index contributed by atoms with van der Waals surface area (Å²) >= 11 is 0. The number of hydrogen-bond donors (Lipinski definition) is 1. The molecule has 1 unspecified atom stereocenters. The smallest absolute Gasteiger partial charge is 0.346 e. The van der Waals surface area contributed by atoms with E-state index in [4.69, 9.17) is 0 Å². The second-order valence-corrected chi connectivity index (χ2v) is 3.69. The molecule has 15 heavy (non-hydrogen) atoms. The number of amidine groups is 1. The van der Waals surface area contributed by atoms with Crippen LogP contribution in [0.3, 0.4) is 0 Å². The van der Waals surface area contributed by atoms with Crippen LogP contribution in [0.1, 0.15) is 19.8 Å². The van der Waals surface area contributed by atoms with E-state index in [1.165, 1.54) is 6.08 Å². The first-order valence-electron chi connectivity index (χ1n) is 4.77. The lowest BCUT2D eigenvalue weighted by molar-refractivity contribution is -0.0884. The maximum atomic E-state index is 12.5. The summed E-state index contributed by atoms with van der Waals surface area (Å²) in [6.45, 7) is 1.76. The van der Waals surface area contributed by atoms with E-state index < -0.39 is 11.7 Å². The summed E-state index contributed by atoms with van der Waals surface area (Å²) in [7, 11) is 0. The molecule has 1 aliphatic carbocycles. The van der Waals surface area contributed by atoms with Crippen molar-refractivity contribution in [2.24, 2.45) is 4.99 Å². The van der Waals surface area contributed by atoms with Crippen molar-refractivity contribution in [2.75, 3.05) is 0 Å². The summed E-state index contributed by atoms with van der Waals surface area (Å²) in [6.07, 6.45) is -0.816. The summed E-state index contributed by atoms with van der Waals surface area (Å²) in [5.41, 5.74) is -0.00836. The molecule has 0 aromatic carbocycles. The molecule has 2 aliphatic rings. The molecule has 0 amide bonds. The average Bonchev–Trinajstić information content (AvgIpc) is 2.30. The zero-order chi connectivity index (χ0) is 11.1. The molecule has 0 saturated carbocycles. The predicted octanol–water partition coefficient (Wildman–Crippen LogP) is 2.54. The van der Waals surface area contributed by atoms with Gasteiger partial charge in [0.2, 0.25) is 0 Å². The number of hydrogen-bond acceptors (Lipinski definition) is 2. The summed E-state index contributed by atoms with van der Waals surface area (Å²) in [6, 6.07) is -0.124. The summed E-state index contributed by atoms with van der Waals surface area (Å²) in [5, 5.41) is 2.87. The highest BCUT2D eigenvalue weighted by atomic mass is 19.4. The van der Waals surface area contributed by atoms with E-state index in [0.29, 0.717) is 24.4 Å². The van der Waals surface area contributed by atoms with Crippen LogP contribution in [-0.4, -0.2) is 18.1 Å². The molecule has 0 aromatic heterocycles. The number of halogens is 3. The van der Waals surface area contributed by atoms with E-state index in [-0.39, 0.29) is 6.04 Å². The molecule has 1 heterocycles. The van der Waals surface area contributed by atoms with Gasteiger partial charge in [0, 0.05) is 5.70 Å². The maximum Gasteiger partial charge on any atom is 0.416 e. The Labute approximate surface area is 85.6 Å². The summed E-state index contributed by atoms with van der Waals surface area (Å²) in [4.78, 5) is 4.22. The second kappa shape index (κ2) is 3.40. The minimum Gasteiger partial charge on any atom is -0.346 e. The van der Waals surface area contributed by atoms with Gasteiger partial charge >= 0.3 is 6.18 Å². The first-order valence-corrected chi connectivity index (χ1v) is 4.77. The number of rotatable bonds is 0. The lowest BCUT2D eigenvalue weighted by Crippen LogP contribution is -2.18. The van der Waals surface area contributed by atoms with Crippen LogP contribution in [0.15, 0.2) is 28.4 Å². The Bertz CT molecular complexity index is 363. The molecule has 0 saturated heterocycles. The van der Waals surface area contributed by atoms with E-state index in [1.54, 1.807) is 6.92 Å². The van der Waals surface area contributed by atoms with Crippen LogP contribution >= 0.6 is 0 Å². The number of allylic oxidation sites excluding steroid dienone is 3. The third-order valence-electron chi connectivity index (χ3n) is 2.48. The van der Waals surface area contributed by atoms with Crippen molar-refractivity contribution in [3.8, 4) is 0 Å². The molecule has 82 valence electrons. The Morgan fingerprint density at radius 1 is 1.47 bits per heavy atom. The van der Waals surface area contributed by atoms with Crippen LogP contribution in [0, 0.1) is 0 Å². The molecule has 5 heteroatoms. The number of nitrogens with one attached hydrogen (secondary N) is 1. The van der Waals surface area contributed by atoms with Crippen molar-refractivity contribution < 1.29 is 13.2 Å². The van der Waals surface area contributed by atoms with Gasteiger partial charge in [-0.15, -0.1) is 0 Å². The first kappa shape index (κ1) is 10.3. The van der Waals surface area contributed by atoms with E-state index in [1.807, 2.05) is 0 Å². The maximum absolute atomic E-state index is 12.5. The van der Waals surface area contributed by atoms with Gasteiger partial charge in [-0.1, -0.05) is 6.08 Å². The van der Waals surface area contributed by atoms with Gasteiger partial charge in [-0.2, -0.15) is 13.2 Å². The molecule has 1 atom stereocenters. The van der Waals surface area contributed by atoms with Gasteiger partial charge in [-0.05, 0) is 25.8 Å². The lowest BCUT2D eigenvalue weighted by Gasteiger charge is -2.08. The Hall–Kier alpha value is -1.26. The Balaban J connectivity index is 2.28. The highest BCUT2D eigenvalue weighted by molar-refractivity contribution is 5.84. The predicted molar refractivity (Wildman–Crippen MR) is 51.5 cm³/mol. The molecule has 0 bridgehead atoms. The van der Waals surface area contributed by atoms with Crippen molar-refractivity contribution in [2.45, 2.75) is 32.0 Å². The van der Waals surface area contributed by atoms with Crippen LogP contribution in [0.5, 0.6) is 0 Å². The van der Waals surface area contributed by atoms with Crippen molar-refractivity contribution >= 4 is 5.84 Å². The van der Waals surface area contributed by atoms with Crippen LogP contribution in [0.2, 0.25) is 0 Å². The largest absolute Gasteiger partial charge is 0.416 e. The Kier molecular flexibility index (Phi) is 2.32. The van der Waals surface area contributed by atoms with E-state index >= 15 is 0 Å². The SMILES string of the molecule is CC1=NC2CCC=C(C(F)(F)F)C=C2N1. The normalized spacial score (nSPS) is 25.9. The topological polar surface area (TPSA) is 24.4 Å². The van der Waals surface area contributed by atoms with Crippen LogP contribution in [0.25, 0.3) is 0 Å². The summed E-state index contributed by atoms with van der Waals surface area (Å²) in [5.74, 6) is 0.690. The van der Waals surface area contributed by atoms with Gasteiger partial charge in [0.25, 0.3) is 0 Å². The summed E-state index contributed by atoms with van der Waals surface area (Å²) < 4.78 is 37.5.